The van der Waals surface area contributed by atoms with Gasteiger partial charge in [0.05, 0.1) is 11.8 Å². The molecule has 1 fully saturated rings. The average molecular weight is 206 g/mol. The smallest absolute Gasteiger partial charge is 0.0601 e. The van der Waals surface area contributed by atoms with Crippen LogP contribution < -0.4 is 5.32 Å². The van der Waals surface area contributed by atoms with E-state index in [0.29, 0.717) is 12.1 Å². The van der Waals surface area contributed by atoms with Gasteiger partial charge in [-0.3, -0.25) is 4.98 Å². The first-order valence-electron chi connectivity index (χ1n) is 5.46. The van der Waals surface area contributed by atoms with Gasteiger partial charge in [0.1, 0.15) is 0 Å². The Hall–Kier alpha value is -0.930. The minimum absolute atomic E-state index is 0.465. The van der Waals surface area contributed by atoms with E-state index in [9.17, 15) is 0 Å². The monoisotopic (exact) mass is 206 g/mol. The van der Waals surface area contributed by atoms with Gasteiger partial charge in [-0.2, -0.15) is 0 Å². The van der Waals surface area contributed by atoms with Gasteiger partial charge >= 0.3 is 0 Å². The molecule has 0 bridgehead atoms. The summed E-state index contributed by atoms with van der Waals surface area (Å²) in [4.78, 5) is 4.35. The van der Waals surface area contributed by atoms with Crippen molar-refractivity contribution in [2.24, 2.45) is 0 Å². The molecule has 1 aromatic rings. The molecule has 3 nitrogen and oxygen atoms in total. The van der Waals surface area contributed by atoms with Crippen LogP contribution in [0.3, 0.4) is 0 Å². The quantitative estimate of drug-likeness (QED) is 0.813. The molecule has 3 heteroatoms. The van der Waals surface area contributed by atoms with Gasteiger partial charge in [-0.25, -0.2) is 0 Å². The first-order chi connectivity index (χ1) is 7.29. The van der Waals surface area contributed by atoms with E-state index >= 15 is 0 Å². The Morgan fingerprint density at radius 2 is 2.33 bits per heavy atom. The van der Waals surface area contributed by atoms with Crippen molar-refractivity contribution in [1.82, 2.24) is 10.3 Å². The molecule has 0 unspecified atom stereocenters. The number of pyridine rings is 1. The topological polar surface area (TPSA) is 34.1 Å². The highest BCUT2D eigenvalue weighted by atomic mass is 16.5. The van der Waals surface area contributed by atoms with Gasteiger partial charge in [0.25, 0.3) is 0 Å². The van der Waals surface area contributed by atoms with Crippen molar-refractivity contribution < 1.29 is 4.74 Å². The fraction of sp³-hybridized carbons (Fsp3) is 0.583. The molecule has 1 saturated carbocycles. The van der Waals surface area contributed by atoms with Crippen molar-refractivity contribution in [3.8, 4) is 0 Å². The van der Waals surface area contributed by atoms with E-state index in [1.165, 1.54) is 5.56 Å². The highest BCUT2D eigenvalue weighted by Crippen LogP contribution is 2.22. The molecule has 2 rings (SSSR count). The Balaban J connectivity index is 1.77. The van der Waals surface area contributed by atoms with Crippen LogP contribution in [-0.2, 0) is 11.3 Å². The Labute approximate surface area is 90.9 Å². The summed E-state index contributed by atoms with van der Waals surface area (Å²) in [6.07, 6.45) is 4.57. The standard InChI is InChI=1S/C12H18N2O/c1-9-4-3-5-13-12(9)8-14-10-6-11(7-10)15-2/h3-5,10-11,14H,6-8H2,1-2H3. The predicted molar refractivity (Wildman–Crippen MR) is 59.6 cm³/mol. The molecule has 82 valence electrons. The number of aromatic nitrogens is 1. The fourth-order valence-electron chi connectivity index (χ4n) is 1.87. The third-order valence-electron chi connectivity index (χ3n) is 3.10. The van der Waals surface area contributed by atoms with Crippen LogP contribution in [0.5, 0.6) is 0 Å². The van der Waals surface area contributed by atoms with Crippen LogP contribution in [0.25, 0.3) is 0 Å². The lowest BCUT2D eigenvalue weighted by Gasteiger charge is -2.34. The largest absolute Gasteiger partial charge is 0.381 e. The third-order valence-corrected chi connectivity index (χ3v) is 3.10. The highest BCUT2D eigenvalue weighted by molar-refractivity contribution is 5.17. The molecule has 0 saturated heterocycles. The van der Waals surface area contributed by atoms with Gasteiger partial charge < -0.3 is 10.1 Å². The molecule has 0 aliphatic heterocycles. The molecular formula is C12H18N2O. The Morgan fingerprint density at radius 3 is 3.00 bits per heavy atom. The number of aryl methyl sites for hydroxylation is 1. The van der Waals surface area contributed by atoms with Crippen molar-refractivity contribution in [2.45, 2.75) is 38.5 Å². The molecule has 1 aliphatic rings. The third kappa shape index (κ3) is 2.55. The van der Waals surface area contributed by atoms with Gasteiger partial charge in [0.15, 0.2) is 0 Å². The molecule has 1 aromatic heterocycles. The molecule has 1 heterocycles. The maximum absolute atomic E-state index is 5.24. The fourth-order valence-corrected chi connectivity index (χ4v) is 1.87. The number of hydrogen-bond donors (Lipinski definition) is 1. The number of hydrogen-bond acceptors (Lipinski definition) is 3. The summed E-state index contributed by atoms with van der Waals surface area (Å²) in [5, 5.41) is 3.50. The van der Waals surface area contributed by atoms with E-state index in [2.05, 4.69) is 23.3 Å². The second-order valence-corrected chi connectivity index (χ2v) is 4.17. The van der Waals surface area contributed by atoms with Crippen molar-refractivity contribution in [1.29, 1.82) is 0 Å². The van der Waals surface area contributed by atoms with E-state index in [1.54, 1.807) is 7.11 Å². The van der Waals surface area contributed by atoms with E-state index < -0.39 is 0 Å². The molecule has 0 atom stereocenters. The van der Waals surface area contributed by atoms with Crippen molar-refractivity contribution in [2.75, 3.05) is 7.11 Å². The molecule has 0 spiro atoms. The van der Waals surface area contributed by atoms with Crippen molar-refractivity contribution in [3.63, 3.8) is 0 Å². The van der Waals surface area contributed by atoms with Gasteiger partial charge in [-0.05, 0) is 31.4 Å². The molecule has 0 aromatic carbocycles. The lowest BCUT2D eigenvalue weighted by molar-refractivity contribution is 0.0169. The molecule has 0 radical (unpaired) electrons. The molecular weight excluding hydrogens is 188 g/mol. The van der Waals surface area contributed by atoms with Crippen LogP contribution in [0.2, 0.25) is 0 Å². The van der Waals surface area contributed by atoms with E-state index in [-0.39, 0.29) is 0 Å². The van der Waals surface area contributed by atoms with Gasteiger partial charge in [0, 0.05) is 25.9 Å². The van der Waals surface area contributed by atoms with Gasteiger partial charge in [0.2, 0.25) is 0 Å². The second kappa shape index (κ2) is 4.73. The summed E-state index contributed by atoms with van der Waals surface area (Å²) in [5.41, 5.74) is 2.41. The predicted octanol–water partition coefficient (Wildman–Crippen LogP) is 1.66. The summed E-state index contributed by atoms with van der Waals surface area (Å²) in [6, 6.07) is 4.68. The highest BCUT2D eigenvalue weighted by Gasteiger charge is 2.28. The van der Waals surface area contributed by atoms with E-state index in [4.69, 9.17) is 4.74 Å². The number of nitrogens with zero attached hydrogens (tertiary/aromatic N) is 1. The SMILES string of the molecule is COC1CC(NCc2ncccc2C)C1. The molecule has 0 amide bonds. The zero-order chi connectivity index (χ0) is 10.7. The van der Waals surface area contributed by atoms with Crippen LogP contribution in [0.1, 0.15) is 24.1 Å². The average Bonchev–Trinajstić information content (AvgIpc) is 2.18. The first-order valence-corrected chi connectivity index (χ1v) is 5.46. The number of rotatable bonds is 4. The van der Waals surface area contributed by atoms with Crippen molar-refractivity contribution in [3.05, 3.63) is 29.6 Å². The number of nitrogens with one attached hydrogen (secondary N) is 1. The van der Waals surface area contributed by atoms with Gasteiger partial charge in [-0.1, -0.05) is 6.07 Å². The van der Waals surface area contributed by atoms with Crippen molar-refractivity contribution >= 4 is 0 Å². The van der Waals surface area contributed by atoms with Crippen LogP contribution in [0.15, 0.2) is 18.3 Å². The second-order valence-electron chi connectivity index (χ2n) is 4.17. The zero-order valence-electron chi connectivity index (χ0n) is 9.36. The summed E-state index contributed by atoms with van der Waals surface area (Å²) >= 11 is 0. The normalized spacial score (nSPS) is 24.9. The van der Waals surface area contributed by atoms with Gasteiger partial charge in [-0.15, -0.1) is 0 Å². The Bertz CT molecular complexity index is 321. The maximum Gasteiger partial charge on any atom is 0.0601 e. The van der Waals surface area contributed by atoms with Crippen LogP contribution in [0, 0.1) is 6.92 Å². The summed E-state index contributed by atoms with van der Waals surface area (Å²) < 4.78 is 5.24. The molecule has 1 N–H and O–H groups in total. The minimum atomic E-state index is 0.465. The number of ether oxygens (including phenoxy) is 1. The van der Waals surface area contributed by atoms with Crippen LogP contribution in [-0.4, -0.2) is 24.2 Å². The Kier molecular flexibility index (Phi) is 3.34. The van der Waals surface area contributed by atoms with Crippen LogP contribution in [0.4, 0.5) is 0 Å². The van der Waals surface area contributed by atoms with Crippen LogP contribution >= 0.6 is 0 Å². The maximum atomic E-state index is 5.24. The lowest BCUT2D eigenvalue weighted by Crippen LogP contribution is -2.44. The minimum Gasteiger partial charge on any atom is -0.381 e. The summed E-state index contributed by atoms with van der Waals surface area (Å²) in [7, 11) is 1.78. The molecule has 1 aliphatic carbocycles. The zero-order valence-corrected chi connectivity index (χ0v) is 9.36. The number of methoxy groups -OCH3 is 1. The molecule has 15 heavy (non-hydrogen) atoms. The Morgan fingerprint density at radius 1 is 1.53 bits per heavy atom. The summed E-state index contributed by atoms with van der Waals surface area (Å²) in [6.45, 7) is 2.97. The van der Waals surface area contributed by atoms with E-state index in [1.807, 2.05) is 12.3 Å². The summed E-state index contributed by atoms with van der Waals surface area (Å²) in [5.74, 6) is 0. The first kappa shape index (κ1) is 10.6. The lowest BCUT2D eigenvalue weighted by atomic mass is 9.89. The van der Waals surface area contributed by atoms with E-state index in [0.717, 1.165) is 25.1 Å².